The van der Waals surface area contributed by atoms with E-state index in [1.54, 1.807) is 0 Å². The molecule has 0 aliphatic heterocycles. The van der Waals surface area contributed by atoms with Gasteiger partial charge in [-0.2, -0.15) is 0 Å². The minimum Gasteiger partial charge on any atom is -0.480 e. The van der Waals surface area contributed by atoms with Crippen molar-refractivity contribution in [3.8, 4) is 0 Å². The van der Waals surface area contributed by atoms with Crippen LogP contribution >= 0.6 is 0 Å². The lowest BCUT2D eigenvalue weighted by molar-refractivity contribution is -0.142. The number of hydrogen-bond acceptors (Lipinski definition) is 4. The Morgan fingerprint density at radius 1 is 1.44 bits per heavy atom. The fraction of sp³-hybridized carbons (Fsp3) is 0.200. The fourth-order valence-corrected chi connectivity index (χ4v) is 1.11. The van der Waals surface area contributed by atoms with E-state index in [-0.39, 0.29) is 5.56 Å². The number of carboxylic acid groups (broad SMARTS) is 1. The molecule has 0 aliphatic rings. The van der Waals surface area contributed by atoms with Crippen molar-refractivity contribution >= 4 is 17.8 Å². The number of carbonyl (C=O) groups excluding carboxylic acids is 2. The molecule has 16 heavy (non-hydrogen) atoms. The first-order valence-electron chi connectivity index (χ1n) is 4.46. The monoisotopic (exact) mass is 222 g/mol. The van der Waals surface area contributed by atoms with Crippen LogP contribution in [0.25, 0.3) is 0 Å². The molecule has 1 heterocycles. The second-order valence-corrected chi connectivity index (χ2v) is 3.05. The van der Waals surface area contributed by atoms with Crippen molar-refractivity contribution in [3.63, 3.8) is 0 Å². The number of hydrogen-bond donors (Lipinski definition) is 1. The molecular weight excluding hydrogens is 212 g/mol. The normalized spacial score (nSPS) is 9.56. The molecule has 0 bridgehead atoms. The average molecular weight is 222 g/mol. The summed E-state index contributed by atoms with van der Waals surface area (Å²) in [5, 5.41) is 8.57. The first kappa shape index (κ1) is 11.8. The molecular formula is C10H10N2O4. The van der Waals surface area contributed by atoms with Crippen LogP contribution in [0, 0.1) is 0 Å². The minimum absolute atomic E-state index is 0.180. The molecule has 0 spiro atoms. The Balaban J connectivity index is 2.92. The quantitative estimate of drug-likeness (QED) is 0.786. The van der Waals surface area contributed by atoms with E-state index < -0.39 is 24.3 Å². The van der Waals surface area contributed by atoms with E-state index in [1.807, 2.05) is 0 Å². The van der Waals surface area contributed by atoms with E-state index in [0.717, 1.165) is 6.92 Å². The predicted molar refractivity (Wildman–Crippen MR) is 53.6 cm³/mol. The Hall–Kier alpha value is -2.24. The van der Waals surface area contributed by atoms with Crippen LogP contribution in [0.2, 0.25) is 0 Å². The Morgan fingerprint density at radius 3 is 2.56 bits per heavy atom. The van der Waals surface area contributed by atoms with Crippen molar-refractivity contribution in [1.82, 2.24) is 9.88 Å². The third kappa shape index (κ3) is 2.88. The average Bonchev–Trinajstić information content (AvgIpc) is 2.25. The highest BCUT2D eigenvalue weighted by Gasteiger charge is 2.22. The topological polar surface area (TPSA) is 87.6 Å². The second kappa shape index (κ2) is 5.01. The summed E-state index contributed by atoms with van der Waals surface area (Å²) in [7, 11) is 0. The fourth-order valence-electron chi connectivity index (χ4n) is 1.11. The van der Waals surface area contributed by atoms with E-state index in [2.05, 4.69) is 4.98 Å². The number of amides is 2. The van der Waals surface area contributed by atoms with Gasteiger partial charge in [0, 0.05) is 19.3 Å². The highest BCUT2D eigenvalue weighted by molar-refractivity contribution is 6.05. The van der Waals surface area contributed by atoms with Gasteiger partial charge in [-0.1, -0.05) is 0 Å². The van der Waals surface area contributed by atoms with Crippen molar-refractivity contribution < 1.29 is 19.5 Å². The number of imide groups is 1. The van der Waals surface area contributed by atoms with E-state index >= 15 is 0 Å². The van der Waals surface area contributed by atoms with E-state index in [1.165, 1.54) is 24.5 Å². The summed E-state index contributed by atoms with van der Waals surface area (Å²) in [6.07, 6.45) is 2.76. The van der Waals surface area contributed by atoms with Crippen molar-refractivity contribution in [2.75, 3.05) is 6.54 Å². The number of carboxylic acids is 1. The Bertz CT molecular complexity index is 416. The van der Waals surface area contributed by atoms with Crippen LogP contribution < -0.4 is 0 Å². The minimum atomic E-state index is -1.24. The van der Waals surface area contributed by atoms with Crippen molar-refractivity contribution in [1.29, 1.82) is 0 Å². The first-order valence-corrected chi connectivity index (χ1v) is 4.46. The predicted octanol–water partition coefficient (Wildman–Crippen LogP) is 0.155. The molecule has 6 heteroatoms. The van der Waals surface area contributed by atoms with Gasteiger partial charge in [0.25, 0.3) is 5.91 Å². The molecule has 2 amide bonds. The van der Waals surface area contributed by atoms with Crippen LogP contribution in [-0.2, 0) is 9.59 Å². The molecule has 1 aromatic heterocycles. The Kier molecular flexibility index (Phi) is 3.71. The Morgan fingerprint density at radius 2 is 2.12 bits per heavy atom. The molecule has 84 valence electrons. The summed E-state index contributed by atoms with van der Waals surface area (Å²) in [6.45, 7) is 0.486. The van der Waals surface area contributed by atoms with Crippen LogP contribution in [0.5, 0.6) is 0 Å². The molecule has 1 rings (SSSR count). The number of aromatic nitrogens is 1. The zero-order valence-corrected chi connectivity index (χ0v) is 8.58. The van der Waals surface area contributed by atoms with Crippen LogP contribution in [0.1, 0.15) is 17.3 Å². The summed E-state index contributed by atoms with van der Waals surface area (Å²) in [4.78, 5) is 37.7. The van der Waals surface area contributed by atoms with Crippen LogP contribution in [0.15, 0.2) is 24.5 Å². The van der Waals surface area contributed by atoms with Crippen molar-refractivity contribution in [2.24, 2.45) is 0 Å². The van der Waals surface area contributed by atoms with Crippen molar-refractivity contribution in [2.45, 2.75) is 6.92 Å². The van der Waals surface area contributed by atoms with Gasteiger partial charge in [0.2, 0.25) is 5.91 Å². The van der Waals surface area contributed by atoms with E-state index in [9.17, 15) is 14.4 Å². The van der Waals surface area contributed by atoms with Gasteiger partial charge in [-0.25, -0.2) is 0 Å². The highest BCUT2D eigenvalue weighted by atomic mass is 16.4. The molecule has 0 unspecified atom stereocenters. The Labute approximate surface area is 91.5 Å². The molecule has 6 nitrogen and oxygen atoms in total. The smallest absolute Gasteiger partial charge is 0.323 e. The number of nitrogens with zero attached hydrogens (tertiary/aromatic N) is 2. The molecule has 0 aliphatic carbocycles. The molecule has 0 fully saturated rings. The zero-order chi connectivity index (χ0) is 12.1. The van der Waals surface area contributed by atoms with Crippen LogP contribution in [0.4, 0.5) is 0 Å². The van der Waals surface area contributed by atoms with E-state index in [4.69, 9.17) is 5.11 Å². The molecule has 0 radical (unpaired) electrons. The third-order valence-electron chi connectivity index (χ3n) is 1.83. The maximum absolute atomic E-state index is 11.7. The molecule has 1 aromatic rings. The number of pyridine rings is 1. The van der Waals surface area contributed by atoms with Gasteiger partial charge in [-0.05, 0) is 12.1 Å². The van der Waals surface area contributed by atoms with Gasteiger partial charge < -0.3 is 5.11 Å². The standard InChI is InChI=1S/C10H10N2O4/c1-7(13)12(6-9(14)15)10(16)8-3-2-4-11-5-8/h2-5H,6H2,1H3,(H,14,15). The maximum Gasteiger partial charge on any atom is 0.323 e. The van der Waals surface area contributed by atoms with Crippen LogP contribution in [-0.4, -0.2) is 39.3 Å². The summed E-state index contributed by atoms with van der Waals surface area (Å²) < 4.78 is 0. The maximum atomic E-state index is 11.7. The van der Waals surface area contributed by atoms with Crippen LogP contribution in [0.3, 0.4) is 0 Å². The summed E-state index contributed by atoms with van der Waals surface area (Å²) in [5.41, 5.74) is 0.180. The summed E-state index contributed by atoms with van der Waals surface area (Å²) >= 11 is 0. The third-order valence-corrected chi connectivity index (χ3v) is 1.83. The van der Waals surface area contributed by atoms with Gasteiger partial charge in [0.1, 0.15) is 6.54 Å². The molecule has 0 saturated heterocycles. The van der Waals surface area contributed by atoms with Gasteiger partial charge in [-0.15, -0.1) is 0 Å². The zero-order valence-electron chi connectivity index (χ0n) is 8.58. The summed E-state index contributed by atoms with van der Waals surface area (Å²) in [5.74, 6) is -2.52. The van der Waals surface area contributed by atoms with E-state index in [0.29, 0.717) is 4.90 Å². The number of aliphatic carboxylic acids is 1. The first-order chi connectivity index (χ1) is 7.52. The highest BCUT2D eigenvalue weighted by Crippen LogP contribution is 2.03. The number of rotatable bonds is 3. The molecule has 0 saturated carbocycles. The van der Waals surface area contributed by atoms with Crippen molar-refractivity contribution in [3.05, 3.63) is 30.1 Å². The lowest BCUT2D eigenvalue weighted by atomic mass is 10.2. The number of carbonyl (C=O) groups is 3. The lowest BCUT2D eigenvalue weighted by Gasteiger charge is -2.16. The van der Waals surface area contributed by atoms with Gasteiger partial charge in [0.05, 0.1) is 5.56 Å². The molecule has 1 N–H and O–H groups in total. The molecule has 0 atom stereocenters. The van der Waals surface area contributed by atoms with Gasteiger partial charge >= 0.3 is 5.97 Å². The van der Waals surface area contributed by atoms with Gasteiger partial charge in [-0.3, -0.25) is 24.3 Å². The lowest BCUT2D eigenvalue weighted by Crippen LogP contribution is -2.39. The van der Waals surface area contributed by atoms with Gasteiger partial charge in [0.15, 0.2) is 0 Å². The second-order valence-electron chi connectivity index (χ2n) is 3.05. The SMILES string of the molecule is CC(=O)N(CC(=O)O)C(=O)c1cccnc1. The molecule has 0 aromatic carbocycles. The largest absolute Gasteiger partial charge is 0.480 e. The summed E-state index contributed by atoms with van der Waals surface area (Å²) in [6, 6.07) is 3.00.